The number of thiophene rings is 2. The fourth-order valence-electron chi connectivity index (χ4n) is 4.36. The van der Waals surface area contributed by atoms with Crippen molar-refractivity contribution >= 4 is 65.2 Å². The Morgan fingerprint density at radius 1 is 0.625 bits per heavy atom. The van der Waals surface area contributed by atoms with E-state index in [1.54, 1.807) is 24.8 Å². The van der Waals surface area contributed by atoms with Gasteiger partial charge in [0, 0.05) is 52.7 Å². The molecular weight excluding hydrogens is 434 g/mol. The monoisotopic (exact) mass is 449 g/mol. The minimum atomic E-state index is 0.920. The predicted molar refractivity (Wildman–Crippen MR) is 133 cm³/mol. The van der Waals surface area contributed by atoms with Crippen LogP contribution in [-0.2, 0) is 7.05 Å². The lowest BCUT2D eigenvalue weighted by Crippen LogP contribution is -1.86. The summed E-state index contributed by atoms with van der Waals surface area (Å²) in [5, 5.41) is 0. The lowest BCUT2D eigenvalue weighted by Gasteiger charge is -2.02. The predicted octanol–water partition coefficient (Wildman–Crippen LogP) is 6.67. The Kier molecular flexibility index (Phi) is 3.73. The number of para-hydroxylation sites is 2. The topological polar surface area (TPSA) is 56.5 Å². The number of aromatic nitrogens is 5. The summed E-state index contributed by atoms with van der Waals surface area (Å²) in [5.74, 6) is 0. The van der Waals surface area contributed by atoms with Gasteiger partial charge in [0.15, 0.2) is 0 Å². The van der Waals surface area contributed by atoms with Crippen molar-refractivity contribution in [3.63, 3.8) is 0 Å². The maximum absolute atomic E-state index is 4.60. The summed E-state index contributed by atoms with van der Waals surface area (Å²) in [4.78, 5) is 20.6. The third kappa shape index (κ3) is 2.49. The van der Waals surface area contributed by atoms with Gasteiger partial charge in [-0.05, 0) is 24.3 Å². The van der Waals surface area contributed by atoms with E-state index < -0.39 is 0 Å². The molecule has 0 atom stereocenters. The number of aryl methyl sites for hydroxylation is 1. The highest BCUT2D eigenvalue weighted by atomic mass is 32.1. The number of hydrogen-bond acceptors (Lipinski definition) is 6. The van der Waals surface area contributed by atoms with Gasteiger partial charge in [-0.3, -0.25) is 19.9 Å². The van der Waals surface area contributed by atoms with Crippen LogP contribution in [0.5, 0.6) is 0 Å². The van der Waals surface area contributed by atoms with Gasteiger partial charge < -0.3 is 4.57 Å². The van der Waals surface area contributed by atoms with Crippen LogP contribution in [0.25, 0.3) is 63.4 Å². The van der Waals surface area contributed by atoms with Crippen molar-refractivity contribution in [1.29, 1.82) is 0 Å². The molecule has 0 aliphatic carbocycles. The van der Waals surface area contributed by atoms with Gasteiger partial charge in [0.1, 0.15) is 0 Å². The van der Waals surface area contributed by atoms with E-state index in [0.29, 0.717) is 0 Å². The van der Waals surface area contributed by atoms with Gasteiger partial charge in [0.05, 0.1) is 42.5 Å². The molecule has 0 aliphatic heterocycles. The van der Waals surface area contributed by atoms with Gasteiger partial charge in [-0.15, -0.1) is 22.7 Å². The highest BCUT2D eigenvalue weighted by molar-refractivity contribution is 7.30. The van der Waals surface area contributed by atoms with Gasteiger partial charge in [0.2, 0.25) is 0 Å². The maximum Gasteiger partial charge on any atom is 0.0973 e. The molecule has 0 aliphatic rings. The molecule has 7 aromatic rings. The SMILES string of the molecule is Cn1c2cc(-c3cccc4nccnc34)sc2c2sc(-c3cccc4nccnc34)cc21. The molecule has 0 bridgehead atoms. The molecule has 5 aromatic heterocycles. The molecule has 0 N–H and O–H groups in total. The molecule has 0 saturated heterocycles. The molecule has 0 amide bonds. The standard InChI is InChI=1S/C25H15N5S2/c1-30-18-12-20(14-4-2-6-16-22(14)28-10-8-26-16)31-24(18)25-19(30)13-21(32-25)15-5-3-7-17-23(15)29-11-9-27-17/h2-13H,1H3. The molecule has 5 heterocycles. The van der Waals surface area contributed by atoms with Crippen molar-refractivity contribution in [3.05, 3.63) is 73.3 Å². The zero-order chi connectivity index (χ0) is 21.2. The van der Waals surface area contributed by atoms with E-state index >= 15 is 0 Å². The second-order valence-corrected chi connectivity index (χ2v) is 9.77. The van der Waals surface area contributed by atoms with Crippen LogP contribution >= 0.6 is 22.7 Å². The lowest BCUT2D eigenvalue weighted by molar-refractivity contribution is 1.02. The molecule has 0 fully saturated rings. The summed E-state index contributed by atoms with van der Waals surface area (Å²) in [6, 6.07) is 16.9. The molecular formula is C25H15N5S2. The third-order valence-corrected chi connectivity index (χ3v) is 8.36. The normalized spacial score (nSPS) is 11.9. The van der Waals surface area contributed by atoms with E-state index in [2.05, 4.69) is 67.9 Å². The van der Waals surface area contributed by atoms with Crippen LogP contribution < -0.4 is 0 Å². The first kappa shape index (κ1) is 17.9. The largest absolute Gasteiger partial charge is 0.342 e. The first-order chi connectivity index (χ1) is 15.8. The minimum Gasteiger partial charge on any atom is -0.342 e. The van der Waals surface area contributed by atoms with Crippen LogP contribution in [0.4, 0.5) is 0 Å². The second kappa shape index (κ2) is 6.66. The lowest BCUT2D eigenvalue weighted by atomic mass is 10.1. The Hall–Kier alpha value is -3.68. The number of nitrogens with zero attached hydrogens (tertiary/aromatic N) is 5. The van der Waals surface area contributed by atoms with Crippen LogP contribution in [-0.4, -0.2) is 24.5 Å². The number of rotatable bonds is 2. The van der Waals surface area contributed by atoms with Crippen LogP contribution in [0.3, 0.4) is 0 Å². The Morgan fingerprint density at radius 3 is 1.59 bits per heavy atom. The molecule has 7 heteroatoms. The van der Waals surface area contributed by atoms with Crippen molar-refractivity contribution in [1.82, 2.24) is 24.5 Å². The minimum absolute atomic E-state index is 0.920. The molecule has 32 heavy (non-hydrogen) atoms. The number of fused-ring (bicyclic) bond motifs is 5. The molecule has 0 saturated carbocycles. The highest BCUT2D eigenvalue weighted by Crippen LogP contribution is 2.46. The summed E-state index contributed by atoms with van der Waals surface area (Å²) in [6.07, 6.45) is 7.00. The van der Waals surface area contributed by atoms with E-state index in [1.165, 1.54) is 30.2 Å². The fraction of sp³-hybridized carbons (Fsp3) is 0.0400. The Bertz CT molecular complexity index is 1670. The van der Waals surface area contributed by atoms with Crippen molar-refractivity contribution in [2.24, 2.45) is 7.05 Å². The Labute approximate surface area is 190 Å². The molecule has 0 radical (unpaired) electrons. The first-order valence-electron chi connectivity index (χ1n) is 10.2. The highest BCUT2D eigenvalue weighted by Gasteiger charge is 2.19. The van der Waals surface area contributed by atoms with Gasteiger partial charge >= 0.3 is 0 Å². The summed E-state index contributed by atoms with van der Waals surface area (Å²) < 4.78 is 4.90. The van der Waals surface area contributed by atoms with E-state index in [-0.39, 0.29) is 0 Å². The van der Waals surface area contributed by atoms with Crippen LogP contribution in [0.1, 0.15) is 0 Å². The third-order valence-electron chi connectivity index (χ3n) is 5.88. The molecule has 152 valence electrons. The second-order valence-electron chi connectivity index (χ2n) is 7.67. The smallest absolute Gasteiger partial charge is 0.0973 e. The van der Waals surface area contributed by atoms with Crippen molar-refractivity contribution in [3.8, 4) is 20.9 Å². The maximum atomic E-state index is 4.60. The van der Waals surface area contributed by atoms with Crippen molar-refractivity contribution in [2.45, 2.75) is 0 Å². The summed E-state index contributed by atoms with van der Waals surface area (Å²) >= 11 is 3.64. The molecule has 2 aromatic carbocycles. The zero-order valence-electron chi connectivity index (χ0n) is 17.0. The average Bonchev–Trinajstić information content (AvgIpc) is 3.52. The Balaban J connectivity index is 1.45. The Morgan fingerprint density at radius 2 is 1.09 bits per heavy atom. The first-order valence-corrected chi connectivity index (χ1v) is 11.8. The van der Waals surface area contributed by atoms with E-state index in [9.17, 15) is 0 Å². The van der Waals surface area contributed by atoms with Gasteiger partial charge in [-0.25, -0.2) is 0 Å². The van der Waals surface area contributed by atoms with E-state index in [1.807, 2.05) is 34.8 Å². The van der Waals surface area contributed by atoms with Gasteiger partial charge in [-0.1, -0.05) is 24.3 Å². The molecule has 0 spiro atoms. The summed E-state index contributed by atoms with van der Waals surface area (Å²) in [7, 11) is 2.14. The average molecular weight is 450 g/mol. The van der Waals surface area contributed by atoms with Crippen molar-refractivity contribution in [2.75, 3.05) is 0 Å². The van der Waals surface area contributed by atoms with Gasteiger partial charge in [-0.2, -0.15) is 0 Å². The van der Waals surface area contributed by atoms with Crippen molar-refractivity contribution < 1.29 is 0 Å². The summed E-state index contributed by atoms with van der Waals surface area (Å²) in [6.45, 7) is 0. The van der Waals surface area contributed by atoms with Crippen LogP contribution in [0, 0.1) is 0 Å². The molecule has 0 unspecified atom stereocenters. The van der Waals surface area contributed by atoms with Gasteiger partial charge in [0.25, 0.3) is 0 Å². The summed E-state index contributed by atoms with van der Waals surface area (Å²) in [5.41, 5.74) is 8.48. The number of hydrogen-bond donors (Lipinski definition) is 0. The van der Waals surface area contributed by atoms with E-state index in [4.69, 9.17) is 0 Å². The fourth-order valence-corrected chi connectivity index (χ4v) is 6.94. The van der Waals surface area contributed by atoms with Crippen LogP contribution in [0.15, 0.2) is 73.3 Å². The quantitative estimate of drug-likeness (QED) is 0.296. The van der Waals surface area contributed by atoms with Crippen LogP contribution in [0.2, 0.25) is 0 Å². The number of benzene rings is 2. The zero-order valence-corrected chi connectivity index (χ0v) is 18.6. The molecule has 5 nitrogen and oxygen atoms in total. The molecule has 7 rings (SSSR count). The van der Waals surface area contributed by atoms with E-state index in [0.717, 1.165) is 33.2 Å².